The average molecular weight is 311 g/mol. The Kier molecular flexibility index (Phi) is 2.88. The lowest BCUT2D eigenvalue weighted by atomic mass is 9.92. The fraction of sp³-hybridized carbons (Fsp3) is 0.250. The first-order valence-electron chi connectivity index (χ1n) is 7.07. The molecule has 6 heteroatoms. The molecule has 5 nitrogen and oxygen atoms in total. The highest BCUT2D eigenvalue weighted by molar-refractivity contribution is 6.28. The Morgan fingerprint density at radius 3 is 3.00 bits per heavy atom. The monoisotopic (exact) mass is 310 g/mol. The van der Waals surface area contributed by atoms with Gasteiger partial charge in [0, 0.05) is 11.4 Å². The summed E-state index contributed by atoms with van der Waals surface area (Å²) in [6.45, 7) is 0. The number of hydrogen-bond acceptors (Lipinski definition) is 4. The maximum atomic E-state index is 12.4. The highest BCUT2D eigenvalue weighted by Gasteiger charge is 2.36. The van der Waals surface area contributed by atoms with E-state index >= 15 is 0 Å². The number of aryl methyl sites for hydroxylation is 1. The van der Waals surface area contributed by atoms with Gasteiger partial charge in [0.2, 0.25) is 11.2 Å². The van der Waals surface area contributed by atoms with Crippen LogP contribution < -0.4 is 5.32 Å². The van der Waals surface area contributed by atoms with E-state index in [0.717, 1.165) is 41.8 Å². The molecule has 4 rings (SSSR count). The molecule has 2 aromatic rings. The number of benzene rings is 1. The van der Waals surface area contributed by atoms with Crippen molar-refractivity contribution in [2.24, 2.45) is 0 Å². The molecular weight excluding hydrogens is 300 g/mol. The van der Waals surface area contributed by atoms with Crippen LogP contribution in [-0.4, -0.2) is 15.9 Å². The van der Waals surface area contributed by atoms with Crippen LogP contribution in [0.15, 0.2) is 18.2 Å². The number of hydrogen-bond donors (Lipinski definition) is 1. The molecule has 0 saturated carbocycles. The summed E-state index contributed by atoms with van der Waals surface area (Å²) in [5.41, 5.74) is 4.69. The molecule has 0 spiro atoms. The molecule has 1 unspecified atom stereocenters. The van der Waals surface area contributed by atoms with Gasteiger partial charge in [-0.15, -0.1) is 0 Å². The largest absolute Gasteiger partial charge is 0.325 e. The van der Waals surface area contributed by atoms with E-state index < -0.39 is 5.92 Å². The number of fused-ring (bicyclic) bond motifs is 2. The lowest BCUT2D eigenvalue weighted by Gasteiger charge is -2.13. The third-order valence-electron chi connectivity index (χ3n) is 4.22. The molecule has 22 heavy (non-hydrogen) atoms. The van der Waals surface area contributed by atoms with Gasteiger partial charge in [-0.25, -0.2) is 9.97 Å². The van der Waals surface area contributed by atoms with Crippen molar-refractivity contribution in [2.75, 3.05) is 5.32 Å². The van der Waals surface area contributed by atoms with Gasteiger partial charge in [0.25, 0.3) is 0 Å². The van der Waals surface area contributed by atoms with E-state index in [0.29, 0.717) is 11.3 Å². The van der Waals surface area contributed by atoms with Gasteiger partial charge in [-0.05, 0) is 60.2 Å². The minimum absolute atomic E-state index is 0.131. The standard InChI is InChI=1S/C16H11ClN4O/c17-16-20-11-3-1-2-9(11)14(21-16)13-10-6-8(7-18)4-5-12(10)19-15(13)22/h4-6,13H,1-3H2,(H,19,22). The molecule has 1 atom stereocenters. The Balaban J connectivity index is 1.92. The Morgan fingerprint density at radius 1 is 1.32 bits per heavy atom. The molecule has 1 aliphatic carbocycles. The van der Waals surface area contributed by atoms with Crippen molar-refractivity contribution in [3.05, 3.63) is 51.6 Å². The second-order valence-electron chi connectivity index (χ2n) is 5.49. The lowest BCUT2D eigenvalue weighted by Crippen LogP contribution is -2.17. The van der Waals surface area contributed by atoms with Gasteiger partial charge in [0.15, 0.2) is 0 Å². The van der Waals surface area contributed by atoms with Crippen LogP contribution in [0.1, 0.15) is 40.4 Å². The van der Waals surface area contributed by atoms with Crippen molar-refractivity contribution >= 4 is 23.2 Å². The van der Waals surface area contributed by atoms with Gasteiger partial charge in [0.1, 0.15) is 5.92 Å². The summed E-state index contributed by atoms with van der Waals surface area (Å²) < 4.78 is 0. The third kappa shape index (κ3) is 1.88. The first-order chi connectivity index (χ1) is 10.7. The van der Waals surface area contributed by atoms with Gasteiger partial charge >= 0.3 is 0 Å². The van der Waals surface area contributed by atoms with E-state index in [2.05, 4.69) is 21.4 Å². The summed E-state index contributed by atoms with van der Waals surface area (Å²) in [4.78, 5) is 21.1. The molecule has 0 bridgehead atoms. The van der Waals surface area contributed by atoms with E-state index in [1.54, 1.807) is 18.2 Å². The smallest absolute Gasteiger partial charge is 0.238 e. The molecule has 0 fully saturated rings. The number of carbonyl (C=O) groups is 1. The zero-order chi connectivity index (χ0) is 15.3. The highest BCUT2D eigenvalue weighted by atomic mass is 35.5. The number of amides is 1. The minimum Gasteiger partial charge on any atom is -0.325 e. The summed E-state index contributed by atoms with van der Waals surface area (Å²) in [5, 5.41) is 12.1. The Hall–Kier alpha value is -2.45. The predicted octanol–water partition coefficient (Wildman–Crippen LogP) is 2.57. The molecule has 0 saturated heterocycles. The first-order valence-corrected chi connectivity index (χ1v) is 7.45. The quantitative estimate of drug-likeness (QED) is 0.821. The van der Waals surface area contributed by atoms with Gasteiger partial charge in [-0.1, -0.05) is 0 Å². The molecule has 0 radical (unpaired) electrons. The number of aromatic nitrogens is 2. The minimum atomic E-state index is -0.518. The summed E-state index contributed by atoms with van der Waals surface area (Å²) in [6, 6.07) is 7.31. The third-order valence-corrected chi connectivity index (χ3v) is 4.39. The second kappa shape index (κ2) is 4.79. The van der Waals surface area contributed by atoms with Gasteiger partial charge in [0.05, 0.1) is 17.3 Å². The number of rotatable bonds is 1. The number of anilines is 1. The van der Waals surface area contributed by atoms with E-state index in [-0.39, 0.29) is 11.2 Å². The first kappa shape index (κ1) is 13.2. The van der Waals surface area contributed by atoms with Crippen molar-refractivity contribution < 1.29 is 4.79 Å². The van der Waals surface area contributed by atoms with Crippen LogP contribution in [-0.2, 0) is 17.6 Å². The predicted molar refractivity (Wildman–Crippen MR) is 80.7 cm³/mol. The van der Waals surface area contributed by atoms with Crippen LogP contribution in [0, 0.1) is 11.3 Å². The van der Waals surface area contributed by atoms with E-state index in [4.69, 9.17) is 16.9 Å². The topological polar surface area (TPSA) is 78.7 Å². The highest BCUT2D eigenvalue weighted by Crippen LogP contribution is 2.40. The van der Waals surface area contributed by atoms with Crippen molar-refractivity contribution in [1.29, 1.82) is 5.26 Å². The zero-order valence-electron chi connectivity index (χ0n) is 11.6. The zero-order valence-corrected chi connectivity index (χ0v) is 12.3. The number of nitriles is 1. The van der Waals surface area contributed by atoms with E-state index in [1.165, 1.54) is 0 Å². The molecule has 108 valence electrons. The van der Waals surface area contributed by atoms with Crippen LogP contribution in [0.4, 0.5) is 5.69 Å². The maximum absolute atomic E-state index is 12.4. The van der Waals surface area contributed by atoms with E-state index in [1.807, 2.05) is 0 Å². The van der Waals surface area contributed by atoms with Crippen LogP contribution in [0.2, 0.25) is 5.28 Å². The van der Waals surface area contributed by atoms with Crippen LogP contribution in [0.3, 0.4) is 0 Å². The van der Waals surface area contributed by atoms with Crippen molar-refractivity contribution in [3.63, 3.8) is 0 Å². The van der Waals surface area contributed by atoms with Crippen molar-refractivity contribution in [1.82, 2.24) is 9.97 Å². The normalized spacial score (nSPS) is 18.5. The number of halogens is 1. The summed E-state index contributed by atoms with van der Waals surface area (Å²) in [6.07, 6.45) is 2.72. The average Bonchev–Trinajstić information content (AvgIpc) is 3.08. The number of nitrogens with zero attached hydrogens (tertiary/aromatic N) is 3. The van der Waals surface area contributed by atoms with Gasteiger partial charge < -0.3 is 5.32 Å². The number of nitrogens with one attached hydrogen (secondary N) is 1. The fourth-order valence-electron chi connectivity index (χ4n) is 3.27. The fourth-order valence-corrected chi connectivity index (χ4v) is 3.46. The van der Waals surface area contributed by atoms with Gasteiger partial charge in [-0.2, -0.15) is 5.26 Å². The Bertz CT molecular complexity index is 856. The molecule has 1 aromatic carbocycles. The molecule has 1 N–H and O–H groups in total. The molecule has 1 aliphatic heterocycles. The molecular formula is C16H11ClN4O. The number of carbonyl (C=O) groups excluding carboxylic acids is 1. The molecule has 2 aliphatic rings. The maximum Gasteiger partial charge on any atom is 0.238 e. The van der Waals surface area contributed by atoms with Crippen LogP contribution in [0.5, 0.6) is 0 Å². The van der Waals surface area contributed by atoms with Gasteiger partial charge in [-0.3, -0.25) is 4.79 Å². The second-order valence-corrected chi connectivity index (χ2v) is 5.83. The van der Waals surface area contributed by atoms with Crippen LogP contribution in [0.25, 0.3) is 0 Å². The van der Waals surface area contributed by atoms with Crippen LogP contribution >= 0.6 is 11.6 Å². The summed E-state index contributed by atoms with van der Waals surface area (Å²) >= 11 is 6.03. The Morgan fingerprint density at radius 2 is 2.18 bits per heavy atom. The molecule has 1 amide bonds. The summed E-state index contributed by atoms with van der Waals surface area (Å²) in [5.74, 6) is -0.649. The van der Waals surface area contributed by atoms with Crippen molar-refractivity contribution in [2.45, 2.75) is 25.2 Å². The summed E-state index contributed by atoms with van der Waals surface area (Å²) in [7, 11) is 0. The van der Waals surface area contributed by atoms with Crippen molar-refractivity contribution in [3.8, 4) is 6.07 Å². The molecule has 1 aromatic heterocycles. The Labute approximate surface area is 132 Å². The molecule has 2 heterocycles. The van der Waals surface area contributed by atoms with E-state index in [9.17, 15) is 4.79 Å². The SMILES string of the molecule is N#Cc1ccc2c(c1)C(c1nc(Cl)nc3c1CCC3)C(=O)N2. The lowest BCUT2D eigenvalue weighted by molar-refractivity contribution is -0.116.